The molecule has 94 valence electrons. The fourth-order valence-electron chi connectivity index (χ4n) is 1.35. The molecule has 0 aliphatic heterocycles. The van der Waals surface area contributed by atoms with Crippen molar-refractivity contribution in [2.24, 2.45) is 0 Å². The maximum Gasteiger partial charge on any atom is 0.343 e. The van der Waals surface area contributed by atoms with Gasteiger partial charge in [0.25, 0.3) is 0 Å². The molecule has 1 N–H and O–H groups in total. The lowest BCUT2D eigenvalue weighted by Crippen LogP contribution is -2.41. The van der Waals surface area contributed by atoms with Crippen LogP contribution in [0.5, 0.6) is 11.5 Å². The van der Waals surface area contributed by atoms with E-state index in [0.29, 0.717) is 18.8 Å². The molecule has 0 unspecified atom stereocenters. The first-order chi connectivity index (χ1) is 8.01. The highest BCUT2D eigenvalue weighted by Gasteiger charge is 2.34. The number of hydrogen-bond acceptors (Lipinski definition) is 4. The molecule has 0 saturated carbocycles. The minimum atomic E-state index is -0.924. The van der Waals surface area contributed by atoms with Crippen molar-refractivity contribution < 1.29 is 19.4 Å². The van der Waals surface area contributed by atoms with E-state index >= 15 is 0 Å². The van der Waals surface area contributed by atoms with Gasteiger partial charge >= 0.3 is 5.97 Å². The zero-order valence-electron chi connectivity index (χ0n) is 10.4. The van der Waals surface area contributed by atoms with Crippen LogP contribution >= 0.6 is 0 Å². The highest BCUT2D eigenvalue weighted by Crippen LogP contribution is 2.21. The number of phenols is 1. The van der Waals surface area contributed by atoms with E-state index in [4.69, 9.17) is 14.6 Å². The summed E-state index contributed by atoms with van der Waals surface area (Å²) < 4.78 is 10.6. The van der Waals surface area contributed by atoms with Gasteiger partial charge in [0.15, 0.2) is 5.60 Å². The SMILES string of the molecule is CCO[C@@](C)(CC)C(=O)Oc1ccc(O)cc1. The molecule has 0 bridgehead atoms. The predicted octanol–water partition coefficient (Wildman–Crippen LogP) is 2.50. The maximum absolute atomic E-state index is 11.9. The Morgan fingerprint density at radius 3 is 2.35 bits per heavy atom. The summed E-state index contributed by atoms with van der Waals surface area (Å²) in [5.74, 6) is 0.104. The molecule has 1 aromatic carbocycles. The number of phenolic OH excluding ortho intramolecular Hbond substituents is 1. The summed E-state index contributed by atoms with van der Waals surface area (Å²) in [6.07, 6.45) is 0.539. The van der Waals surface area contributed by atoms with Crippen LogP contribution in [0.1, 0.15) is 27.2 Å². The van der Waals surface area contributed by atoms with Gasteiger partial charge in [0.2, 0.25) is 0 Å². The molecule has 0 heterocycles. The van der Waals surface area contributed by atoms with E-state index in [9.17, 15) is 4.79 Å². The van der Waals surface area contributed by atoms with Crippen molar-refractivity contribution >= 4 is 5.97 Å². The quantitative estimate of drug-likeness (QED) is 0.632. The fraction of sp³-hybridized carbons (Fsp3) is 0.462. The molecular formula is C13H18O4. The van der Waals surface area contributed by atoms with Crippen molar-refractivity contribution in [1.82, 2.24) is 0 Å². The number of esters is 1. The van der Waals surface area contributed by atoms with Crippen LogP contribution in [0.25, 0.3) is 0 Å². The van der Waals surface area contributed by atoms with Crippen LogP contribution in [0.2, 0.25) is 0 Å². The van der Waals surface area contributed by atoms with Crippen LogP contribution in [0.3, 0.4) is 0 Å². The molecule has 0 aromatic heterocycles. The molecule has 0 aliphatic rings. The predicted molar refractivity (Wildman–Crippen MR) is 64.1 cm³/mol. The molecule has 0 spiro atoms. The largest absolute Gasteiger partial charge is 0.508 e. The van der Waals surface area contributed by atoms with Crippen molar-refractivity contribution in [3.63, 3.8) is 0 Å². The Morgan fingerprint density at radius 1 is 1.29 bits per heavy atom. The number of carbonyl (C=O) groups is 1. The number of benzene rings is 1. The lowest BCUT2D eigenvalue weighted by molar-refractivity contribution is -0.160. The molecule has 17 heavy (non-hydrogen) atoms. The van der Waals surface area contributed by atoms with Crippen molar-refractivity contribution in [1.29, 1.82) is 0 Å². The zero-order chi connectivity index (χ0) is 12.9. The van der Waals surface area contributed by atoms with Gasteiger partial charge in [-0.2, -0.15) is 0 Å². The van der Waals surface area contributed by atoms with Gasteiger partial charge in [0, 0.05) is 6.61 Å². The van der Waals surface area contributed by atoms with E-state index in [0.717, 1.165) is 0 Å². The number of ether oxygens (including phenoxy) is 2. The second-order valence-corrected chi connectivity index (χ2v) is 3.90. The van der Waals surface area contributed by atoms with E-state index in [2.05, 4.69) is 0 Å². The topological polar surface area (TPSA) is 55.8 Å². The Hall–Kier alpha value is -1.55. The average Bonchev–Trinajstić information content (AvgIpc) is 2.32. The van der Waals surface area contributed by atoms with Crippen molar-refractivity contribution in [3.05, 3.63) is 24.3 Å². The second-order valence-electron chi connectivity index (χ2n) is 3.90. The molecule has 4 heteroatoms. The van der Waals surface area contributed by atoms with Gasteiger partial charge in [-0.15, -0.1) is 0 Å². The van der Waals surface area contributed by atoms with Gasteiger partial charge in [-0.05, 0) is 44.5 Å². The highest BCUT2D eigenvalue weighted by molar-refractivity contribution is 5.81. The second kappa shape index (κ2) is 5.68. The lowest BCUT2D eigenvalue weighted by atomic mass is 10.0. The van der Waals surface area contributed by atoms with E-state index in [1.165, 1.54) is 24.3 Å². The van der Waals surface area contributed by atoms with Gasteiger partial charge in [-0.1, -0.05) is 6.92 Å². The summed E-state index contributed by atoms with van der Waals surface area (Å²) >= 11 is 0. The van der Waals surface area contributed by atoms with Crippen molar-refractivity contribution in [2.75, 3.05) is 6.61 Å². The highest BCUT2D eigenvalue weighted by atomic mass is 16.6. The van der Waals surface area contributed by atoms with Gasteiger partial charge < -0.3 is 14.6 Å². The summed E-state index contributed by atoms with van der Waals surface area (Å²) in [4.78, 5) is 11.9. The maximum atomic E-state index is 11.9. The Kier molecular flexibility index (Phi) is 4.52. The van der Waals surface area contributed by atoms with Crippen molar-refractivity contribution in [2.45, 2.75) is 32.8 Å². The van der Waals surface area contributed by atoms with Crippen LogP contribution in [0.15, 0.2) is 24.3 Å². The molecule has 4 nitrogen and oxygen atoms in total. The van der Waals surface area contributed by atoms with Crippen LogP contribution in [-0.2, 0) is 9.53 Å². The molecule has 0 aliphatic carbocycles. The van der Waals surface area contributed by atoms with Gasteiger partial charge in [-0.3, -0.25) is 0 Å². The minimum Gasteiger partial charge on any atom is -0.508 e. The molecule has 0 radical (unpaired) electrons. The monoisotopic (exact) mass is 238 g/mol. The van der Waals surface area contributed by atoms with Crippen LogP contribution in [0.4, 0.5) is 0 Å². The van der Waals surface area contributed by atoms with Crippen LogP contribution in [0, 0.1) is 0 Å². The fourth-order valence-corrected chi connectivity index (χ4v) is 1.35. The minimum absolute atomic E-state index is 0.132. The Balaban J connectivity index is 2.73. The standard InChI is InChI=1S/C13H18O4/c1-4-13(3,16-5-2)12(15)17-11-8-6-10(14)7-9-11/h6-9,14H,4-5H2,1-3H3/t13-/m0/s1. The van der Waals surface area contributed by atoms with E-state index in [-0.39, 0.29) is 5.75 Å². The number of carbonyl (C=O) groups excluding carboxylic acids is 1. The Morgan fingerprint density at radius 2 is 1.88 bits per heavy atom. The summed E-state index contributed by atoms with van der Waals surface area (Å²) in [6.45, 7) is 5.86. The average molecular weight is 238 g/mol. The van der Waals surface area contributed by atoms with E-state index < -0.39 is 11.6 Å². The molecule has 0 saturated heterocycles. The van der Waals surface area contributed by atoms with Gasteiger partial charge in [0.05, 0.1) is 0 Å². The summed E-state index contributed by atoms with van der Waals surface area (Å²) in [5, 5.41) is 9.12. The molecule has 1 rings (SSSR count). The summed E-state index contributed by atoms with van der Waals surface area (Å²) in [6, 6.07) is 6.00. The summed E-state index contributed by atoms with van der Waals surface area (Å²) in [7, 11) is 0. The van der Waals surface area contributed by atoms with Gasteiger partial charge in [-0.25, -0.2) is 4.79 Å². The first-order valence-electron chi connectivity index (χ1n) is 5.67. The molecule has 1 aromatic rings. The number of aromatic hydroxyl groups is 1. The summed E-state index contributed by atoms with van der Waals surface area (Å²) in [5.41, 5.74) is -0.924. The molecule has 1 atom stereocenters. The molecule has 0 fully saturated rings. The normalized spacial score (nSPS) is 14.1. The number of hydrogen-bond donors (Lipinski definition) is 1. The lowest BCUT2D eigenvalue weighted by Gasteiger charge is -2.25. The first kappa shape index (κ1) is 13.5. The third kappa shape index (κ3) is 3.46. The molecule has 0 amide bonds. The van der Waals surface area contributed by atoms with Gasteiger partial charge in [0.1, 0.15) is 11.5 Å². The molecular weight excluding hydrogens is 220 g/mol. The third-order valence-electron chi connectivity index (χ3n) is 2.62. The van der Waals surface area contributed by atoms with Crippen LogP contribution < -0.4 is 4.74 Å². The smallest absolute Gasteiger partial charge is 0.343 e. The van der Waals surface area contributed by atoms with Crippen LogP contribution in [-0.4, -0.2) is 23.3 Å². The van der Waals surface area contributed by atoms with Crippen molar-refractivity contribution in [3.8, 4) is 11.5 Å². The van der Waals surface area contributed by atoms with E-state index in [1.807, 2.05) is 13.8 Å². The Labute approximate surface area is 101 Å². The number of rotatable bonds is 5. The third-order valence-corrected chi connectivity index (χ3v) is 2.62. The van der Waals surface area contributed by atoms with E-state index in [1.54, 1.807) is 6.92 Å². The first-order valence-corrected chi connectivity index (χ1v) is 5.67. The zero-order valence-corrected chi connectivity index (χ0v) is 10.4. The Bertz CT molecular complexity index is 372.